The van der Waals surface area contributed by atoms with Crippen LogP contribution in [0.15, 0.2) is 42.7 Å². The van der Waals surface area contributed by atoms with Gasteiger partial charge in [0.15, 0.2) is 0 Å². The smallest absolute Gasteiger partial charge is 0.254 e. The van der Waals surface area contributed by atoms with Gasteiger partial charge in [0.2, 0.25) is 0 Å². The Balaban J connectivity index is 1.69. The first-order valence-corrected chi connectivity index (χ1v) is 7.68. The van der Waals surface area contributed by atoms with Gasteiger partial charge >= 0.3 is 0 Å². The molecule has 1 aromatic heterocycles. The molecule has 0 saturated carbocycles. The number of pyridine rings is 1. The highest BCUT2D eigenvalue weighted by atomic mass is 19.1. The highest BCUT2D eigenvalue weighted by Gasteiger charge is 2.30. The Hall–Kier alpha value is -2.27. The van der Waals surface area contributed by atoms with Crippen molar-refractivity contribution < 1.29 is 13.9 Å². The third-order valence-electron chi connectivity index (χ3n) is 4.20. The number of carbonyl (C=O) groups is 1. The van der Waals surface area contributed by atoms with E-state index in [0.717, 1.165) is 12.0 Å². The van der Waals surface area contributed by atoms with Crippen molar-refractivity contribution in [2.45, 2.75) is 19.4 Å². The van der Waals surface area contributed by atoms with Gasteiger partial charge in [0.25, 0.3) is 5.91 Å². The topological polar surface area (TPSA) is 51.2 Å². The van der Waals surface area contributed by atoms with E-state index in [9.17, 15) is 9.18 Å². The predicted molar refractivity (Wildman–Crippen MR) is 84.6 cm³/mol. The van der Waals surface area contributed by atoms with Crippen LogP contribution in [0.5, 0.6) is 0 Å². The van der Waals surface area contributed by atoms with Crippen LogP contribution in [0, 0.1) is 18.7 Å². The first-order chi connectivity index (χ1) is 11.1. The number of amides is 1. The SMILES string of the molecule is Cc1cccc(C(=O)N[C@H]2COC[C@H]2Cc2ccncc2)c1F. The summed E-state index contributed by atoms with van der Waals surface area (Å²) in [6, 6.07) is 8.64. The Morgan fingerprint density at radius 2 is 2.09 bits per heavy atom. The Kier molecular flexibility index (Phi) is 4.67. The van der Waals surface area contributed by atoms with Gasteiger partial charge in [-0.05, 0) is 42.7 Å². The number of halogens is 1. The summed E-state index contributed by atoms with van der Waals surface area (Å²) in [7, 11) is 0. The number of hydrogen-bond acceptors (Lipinski definition) is 3. The summed E-state index contributed by atoms with van der Waals surface area (Å²) in [6.07, 6.45) is 4.30. The van der Waals surface area contributed by atoms with E-state index < -0.39 is 5.82 Å². The van der Waals surface area contributed by atoms with Crippen molar-refractivity contribution in [1.82, 2.24) is 10.3 Å². The maximum absolute atomic E-state index is 14.1. The second-order valence-corrected chi connectivity index (χ2v) is 5.87. The zero-order valence-corrected chi connectivity index (χ0v) is 13.0. The average Bonchev–Trinajstić information content (AvgIpc) is 2.98. The van der Waals surface area contributed by atoms with E-state index >= 15 is 0 Å². The molecule has 0 unspecified atom stereocenters. The molecule has 3 rings (SSSR count). The van der Waals surface area contributed by atoms with Gasteiger partial charge in [0, 0.05) is 18.3 Å². The highest BCUT2D eigenvalue weighted by molar-refractivity contribution is 5.94. The Labute approximate surface area is 134 Å². The van der Waals surface area contributed by atoms with Crippen LogP contribution in [0.2, 0.25) is 0 Å². The minimum atomic E-state index is -0.463. The molecular formula is C18H19FN2O2. The van der Waals surface area contributed by atoms with Crippen LogP contribution in [0.1, 0.15) is 21.5 Å². The Bertz CT molecular complexity index is 691. The van der Waals surface area contributed by atoms with Gasteiger partial charge < -0.3 is 10.1 Å². The van der Waals surface area contributed by atoms with Gasteiger partial charge in [-0.3, -0.25) is 9.78 Å². The molecule has 120 valence electrons. The van der Waals surface area contributed by atoms with Crippen molar-refractivity contribution in [3.05, 3.63) is 65.2 Å². The molecule has 2 heterocycles. The van der Waals surface area contributed by atoms with Gasteiger partial charge in [0.1, 0.15) is 5.82 Å². The number of carbonyl (C=O) groups excluding carboxylic acids is 1. The third kappa shape index (κ3) is 3.56. The first-order valence-electron chi connectivity index (χ1n) is 7.68. The van der Waals surface area contributed by atoms with Crippen LogP contribution in [-0.4, -0.2) is 30.1 Å². The maximum Gasteiger partial charge on any atom is 0.254 e. The fourth-order valence-corrected chi connectivity index (χ4v) is 2.85. The van der Waals surface area contributed by atoms with Crippen LogP contribution >= 0.6 is 0 Å². The van der Waals surface area contributed by atoms with Gasteiger partial charge in [-0.25, -0.2) is 4.39 Å². The first kappa shape index (κ1) is 15.6. The van der Waals surface area contributed by atoms with E-state index in [1.165, 1.54) is 6.07 Å². The van der Waals surface area contributed by atoms with Crippen LogP contribution in [0.25, 0.3) is 0 Å². The van der Waals surface area contributed by atoms with Crippen molar-refractivity contribution in [2.24, 2.45) is 5.92 Å². The number of hydrogen-bond donors (Lipinski definition) is 1. The molecule has 23 heavy (non-hydrogen) atoms. The molecule has 2 aromatic rings. The summed E-state index contributed by atoms with van der Waals surface area (Å²) in [4.78, 5) is 16.4. The molecule has 1 fully saturated rings. The van der Waals surface area contributed by atoms with Crippen molar-refractivity contribution >= 4 is 5.91 Å². The molecule has 5 heteroatoms. The molecule has 4 nitrogen and oxygen atoms in total. The third-order valence-corrected chi connectivity index (χ3v) is 4.20. The van der Waals surface area contributed by atoms with Crippen LogP contribution in [-0.2, 0) is 11.2 Å². The van der Waals surface area contributed by atoms with Crippen molar-refractivity contribution in [2.75, 3.05) is 13.2 Å². The fourth-order valence-electron chi connectivity index (χ4n) is 2.85. The van der Waals surface area contributed by atoms with Crippen molar-refractivity contribution in [3.8, 4) is 0 Å². The van der Waals surface area contributed by atoms with Gasteiger partial charge in [0.05, 0.1) is 24.8 Å². The molecule has 0 spiro atoms. The molecule has 1 aliphatic rings. The van der Waals surface area contributed by atoms with Crippen molar-refractivity contribution in [3.63, 3.8) is 0 Å². The minimum Gasteiger partial charge on any atom is -0.379 e. The second kappa shape index (κ2) is 6.87. The van der Waals surface area contributed by atoms with Gasteiger partial charge in [-0.15, -0.1) is 0 Å². The Morgan fingerprint density at radius 1 is 1.30 bits per heavy atom. The highest BCUT2D eigenvalue weighted by Crippen LogP contribution is 2.20. The molecule has 2 atom stereocenters. The molecule has 1 N–H and O–H groups in total. The number of nitrogens with zero attached hydrogens (tertiary/aromatic N) is 1. The number of nitrogens with one attached hydrogen (secondary N) is 1. The van der Waals surface area contributed by atoms with E-state index in [4.69, 9.17) is 4.74 Å². The number of aromatic nitrogens is 1. The lowest BCUT2D eigenvalue weighted by molar-refractivity contribution is 0.0921. The lowest BCUT2D eigenvalue weighted by atomic mass is 9.95. The largest absolute Gasteiger partial charge is 0.379 e. The van der Waals surface area contributed by atoms with Crippen LogP contribution < -0.4 is 5.32 Å². The minimum absolute atomic E-state index is 0.0829. The molecule has 1 aliphatic heterocycles. The van der Waals surface area contributed by atoms with E-state index in [-0.39, 0.29) is 23.4 Å². The molecule has 0 aliphatic carbocycles. The molecule has 0 radical (unpaired) electrons. The Morgan fingerprint density at radius 3 is 2.87 bits per heavy atom. The maximum atomic E-state index is 14.1. The summed E-state index contributed by atoms with van der Waals surface area (Å²) in [6.45, 7) is 2.69. The van der Waals surface area contributed by atoms with E-state index in [1.807, 2.05) is 12.1 Å². The summed E-state index contributed by atoms with van der Waals surface area (Å²) >= 11 is 0. The van der Waals surface area contributed by atoms with E-state index in [1.54, 1.807) is 31.5 Å². The van der Waals surface area contributed by atoms with Crippen LogP contribution in [0.4, 0.5) is 4.39 Å². The predicted octanol–water partition coefficient (Wildman–Crippen LogP) is 2.52. The molecule has 1 saturated heterocycles. The monoisotopic (exact) mass is 314 g/mol. The zero-order chi connectivity index (χ0) is 16.2. The number of ether oxygens (including phenoxy) is 1. The molecule has 1 amide bonds. The summed E-state index contributed by atoms with van der Waals surface area (Å²) in [5, 5.41) is 2.91. The molecule has 0 bridgehead atoms. The lowest BCUT2D eigenvalue weighted by Crippen LogP contribution is -2.41. The molecule has 1 aromatic carbocycles. The zero-order valence-electron chi connectivity index (χ0n) is 13.0. The van der Waals surface area contributed by atoms with Gasteiger partial charge in [-0.2, -0.15) is 0 Å². The number of aryl methyl sites for hydroxylation is 1. The van der Waals surface area contributed by atoms with E-state index in [2.05, 4.69) is 10.3 Å². The summed E-state index contributed by atoms with van der Waals surface area (Å²) in [5.74, 6) is -0.676. The lowest BCUT2D eigenvalue weighted by Gasteiger charge is -2.19. The average molecular weight is 314 g/mol. The molecular weight excluding hydrogens is 295 g/mol. The standard InChI is InChI=1S/C18H19FN2O2/c1-12-3-2-4-15(17(12)19)18(22)21-16-11-23-10-14(16)9-13-5-7-20-8-6-13/h2-8,14,16H,9-11H2,1H3,(H,21,22)/t14-,16+/m1/s1. The number of benzene rings is 1. The summed E-state index contributed by atoms with van der Waals surface area (Å²) < 4.78 is 19.6. The van der Waals surface area contributed by atoms with Gasteiger partial charge in [-0.1, -0.05) is 12.1 Å². The second-order valence-electron chi connectivity index (χ2n) is 5.87. The normalized spacial score (nSPS) is 20.4. The quantitative estimate of drug-likeness (QED) is 0.943. The van der Waals surface area contributed by atoms with Crippen molar-refractivity contribution in [1.29, 1.82) is 0 Å². The number of rotatable bonds is 4. The summed E-state index contributed by atoms with van der Waals surface area (Å²) in [5.41, 5.74) is 1.70. The fraction of sp³-hybridized carbons (Fsp3) is 0.333. The van der Waals surface area contributed by atoms with Crippen LogP contribution in [0.3, 0.4) is 0 Å². The van der Waals surface area contributed by atoms with E-state index in [0.29, 0.717) is 18.8 Å².